The quantitative estimate of drug-likeness (QED) is 0.0282. The summed E-state index contributed by atoms with van der Waals surface area (Å²) in [4.78, 5) is 138. The number of hydrogen-bond donors (Lipinski definition) is 10. The molecule has 0 aliphatic carbocycles. The summed E-state index contributed by atoms with van der Waals surface area (Å²) in [5.74, 6) is 3.21. The van der Waals surface area contributed by atoms with E-state index in [1.165, 1.54) is 48.4 Å². The molecule has 0 spiro atoms. The molecule has 44 nitrogen and oxygen atoms in total. The van der Waals surface area contributed by atoms with E-state index in [0.29, 0.717) is 172 Å². The lowest BCUT2D eigenvalue weighted by molar-refractivity contribution is -0.116. The summed E-state index contributed by atoms with van der Waals surface area (Å²) in [5, 5.41) is 28.0. The zero-order valence-corrected chi connectivity index (χ0v) is 80.9. The summed E-state index contributed by atoms with van der Waals surface area (Å²) < 4.78 is 57.8. The van der Waals surface area contributed by atoms with Crippen molar-refractivity contribution in [2.24, 2.45) is 0 Å². The van der Waals surface area contributed by atoms with Gasteiger partial charge in [0, 0.05) is 114 Å². The van der Waals surface area contributed by atoms with Crippen LogP contribution in [0.4, 0.5) is 96.6 Å². The number of imidazole rings is 6. The van der Waals surface area contributed by atoms with Gasteiger partial charge in [0.1, 0.15) is 56.9 Å². The van der Waals surface area contributed by atoms with E-state index >= 15 is 0 Å². The minimum Gasteiger partial charge on any atom is -0.490 e. The highest BCUT2D eigenvalue weighted by molar-refractivity contribution is 6.33. The molecule has 6 aliphatic heterocycles. The molecule has 141 heavy (non-hydrogen) atoms. The Labute approximate surface area is 821 Å². The molecule has 12 aromatic rings. The molecule has 6 aromatic carbocycles. The number of rotatable bonds is 22. The Morgan fingerprint density at radius 3 is 1.24 bits per heavy atom. The van der Waals surface area contributed by atoms with Crippen molar-refractivity contribution in [3.63, 3.8) is 0 Å². The van der Waals surface area contributed by atoms with E-state index in [1.807, 2.05) is 83.3 Å². The normalized spacial score (nSPS) is 13.6. The Morgan fingerprint density at radius 1 is 0.447 bits per heavy atom. The number of hydroxylamine groups is 1. The summed E-state index contributed by atoms with van der Waals surface area (Å²) in [6.07, 6.45) is 19.0. The SMILES string of the molecule is CCN(C(=O)NC)c1ccc2c(c1)N(C(C#N)c1cnc[nH]1)CCO2.CCN(C(=O)OC)c1cc(F)c2c(c1)N(Cc1cnc[nH]1)CCO2.CCN(C(C)=O)c1ccc2c(c1)N(Cc1cnc[nH]1)CCO2.CNC(=O)N(C)c1cc(Cl)c2c(c1)N(Cc1cnc[nH]1)CCO2.COC(=O)Nc1ccc2c(c1)N(C(C#N)c1cnc[nH]1)CCO2.CONC(=O)N(C)c1cc(Cl)c2c(c1)N(Cc1cnc[nH]1)CCO2. The smallest absolute Gasteiger partial charge is 0.413 e. The van der Waals surface area contributed by atoms with E-state index in [4.69, 9.17) is 56.4 Å². The number of fused-ring (bicyclic) bond motifs is 6. The van der Waals surface area contributed by atoms with Crippen molar-refractivity contribution in [2.75, 3.05) is 207 Å². The van der Waals surface area contributed by atoms with Gasteiger partial charge in [0.15, 0.2) is 35.1 Å². The van der Waals surface area contributed by atoms with E-state index in [-0.39, 0.29) is 23.7 Å². The molecule has 0 radical (unpaired) electrons. The zero-order valence-electron chi connectivity index (χ0n) is 79.4. The molecule has 18 rings (SSSR count). The molecule has 2 atom stereocenters. The number of aromatic amines is 6. The fraction of sp³-hybridized carbons (Fsp3) is 0.340. The number of urea groups is 3. The van der Waals surface area contributed by atoms with Gasteiger partial charge in [-0.1, -0.05) is 23.2 Å². The van der Waals surface area contributed by atoms with Crippen LogP contribution in [0.15, 0.2) is 166 Å². The molecule has 47 heteroatoms. The minimum absolute atomic E-state index is 0.0410. The lowest BCUT2D eigenvalue weighted by Crippen LogP contribution is -2.39. The Morgan fingerprint density at radius 2 is 0.830 bits per heavy atom. The molecule has 2 unspecified atom stereocenters. The van der Waals surface area contributed by atoms with Gasteiger partial charge < -0.3 is 113 Å². The number of aromatic nitrogens is 12. The van der Waals surface area contributed by atoms with Crippen molar-refractivity contribution in [1.29, 1.82) is 10.5 Å². The van der Waals surface area contributed by atoms with Gasteiger partial charge in [0.05, 0.1) is 233 Å². The van der Waals surface area contributed by atoms with Crippen LogP contribution in [0.5, 0.6) is 34.5 Å². The van der Waals surface area contributed by atoms with Crippen LogP contribution in [0.2, 0.25) is 10.0 Å². The van der Waals surface area contributed by atoms with Crippen molar-refractivity contribution in [3.8, 4) is 46.6 Å². The number of amides is 9. The first-order valence-electron chi connectivity index (χ1n) is 44.8. The van der Waals surface area contributed by atoms with Gasteiger partial charge >= 0.3 is 30.3 Å². The highest BCUT2D eigenvalue weighted by Gasteiger charge is 2.34. The molecule has 0 saturated carbocycles. The Hall–Kier alpha value is -16.6. The second kappa shape index (κ2) is 49.0. The van der Waals surface area contributed by atoms with Crippen molar-refractivity contribution >= 4 is 128 Å². The van der Waals surface area contributed by atoms with Crippen LogP contribution in [-0.2, 0) is 45.3 Å². The third-order valence-electron chi connectivity index (χ3n) is 23.0. The van der Waals surface area contributed by atoms with E-state index < -0.39 is 36.1 Å². The molecular weight excluding hydrogens is 1870 g/mol. The van der Waals surface area contributed by atoms with Crippen LogP contribution in [0.3, 0.4) is 0 Å². The second-order valence-electron chi connectivity index (χ2n) is 31.5. The maximum absolute atomic E-state index is 14.5. The molecule has 0 fully saturated rings. The van der Waals surface area contributed by atoms with Crippen LogP contribution in [0.25, 0.3) is 0 Å². The van der Waals surface area contributed by atoms with E-state index in [9.17, 15) is 43.7 Å². The minimum atomic E-state index is -0.557. The fourth-order valence-electron chi connectivity index (χ4n) is 16.0. The molecule has 9 amide bonds. The summed E-state index contributed by atoms with van der Waals surface area (Å²) in [7, 11) is 10.5. The summed E-state index contributed by atoms with van der Waals surface area (Å²) in [6.45, 7) is 18.5. The van der Waals surface area contributed by atoms with E-state index in [0.717, 1.165) is 93.7 Å². The number of carbonyl (C=O) groups excluding carboxylic acids is 6. The Bertz CT molecular complexity index is 6260. The van der Waals surface area contributed by atoms with Crippen molar-refractivity contribution in [3.05, 3.63) is 216 Å². The average Bonchev–Trinajstić information content (AvgIpc) is 1.72. The van der Waals surface area contributed by atoms with Gasteiger partial charge in [0.2, 0.25) is 5.91 Å². The summed E-state index contributed by atoms with van der Waals surface area (Å²) in [6, 6.07) is 29.7. The maximum atomic E-state index is 14.5. The first-order chi connectivity index (χ1) is 68.4. The van der Waals surface area contributed by atoms with Crippen LogP contribution in [0, 0.1) is 28.5 Å². The third kappa shape index (κ3) is 25.1. The lowest BCUT2D eigenvalue weighted by atomic mass is 10.1. The first-order valence-corrected chi connectivity index (χ1v) is 45.6. The zero-order chi connectivity index (χ0) is 100. The largest absolute Gasteiger partial charge is 0.490 e. The van der Waals surface area contributed by atoms with Crippen LogP contribution >= 0.6 is 23.2 Å². The first kappa shape index (κ1) is 102. The monoisotopic (exact) mass is 1970 g/mol. The summed E-state index contributed by atoms with van der Waals surface area (Å²) in [5.41, 5.74) is 16.4. The number of methoxy groups -OCH3 is 2. The highest BCUT2D eigenvalue weighted by Crippen LogP contribution is 2.47. The van der Waals surface area contributed by atoms with Gasteiger partial charge in [0.25, 0.3) is 0 Å². The predicted octanol–water partition coefficient (Wildman–Crippen LogP) is 13.2. The van der Waals surface area contributed by atoms with Gasteiger partial charge in [-0.15, -0.1) is 0 Å². The highest BCUT2D eigenvalue weighted by atomic mass is 35.5. The topological polar surface area (TPSA) is 489 Å². The summed E-state index contributed by atoms with van der Waals surface area (Å²) >= 11 is 12.7. The van der Waals surface area contributed by atoms with Crippen LogP contribution < -0.4 is 104 Å². The molecule has 0 saturated heterocycles. The van der Waals surface area contributed by atoms with E-state index in [1.54, 1.807) is 151 Å². The number of carbonyl (C=O) groups is 6. The van der Waals surface area contributed by atoms with Gasteiger partial charge in [-0.3, -0.25) is 34.5 Å². The predicted molar refractivity (Wildman–Crippen MR) is 528 cm³/mol. The van der Waals surface area contributed by atoms with Gasteiger partial charge in [-0.05, 0) is 106 Å². The van der Waals surface area contributed by atoms with Gasteiger partial charge in [-0.2, -0.15) is 10.5 Å². The number of nitrogens with one attached hydrogen (secondary N) is 10. The Kier molecular flexibility index (Phi) is 35.4. The number of H-pyrrole nitrogens is 6. The molecule has 12 heterocycles. The van der Waals surface area contributed by atoms with Crippen LogP contribution in [-0.4, -0.2) is 244 Å². The molecule has 0 bridgehead atoms. The molecule has 742 valence electrons. The number of nitrogens with zero attached hydrogens (tertiary/aromatic N) is 19. The average molecular weight is 1980 g/mol. The number of halogens is 3. The number of benzene rings is 6. The lowest BCUT2D eigenvalue weighted by Gasteiger charge is -2.35. The fourth-order valence-corrected chi connectivity index (χ4v) is 16.5. The molecule has 10 N–H and O–H groups in total. The molecule has 6 aliphatic rings. The van der Waals surface area contributed by atoms with Crippen molar-refractivity contribution in [2.45, 2.75) is 66.0 Å². The molecule has 6 aromatic heterocycles. The standard InChI is InChI=1S/C17H20N6O2.C16H19FN4O3.C16H20N4O2.C15H18ClN5O3.C15H18ClN5O2.C15H15N5O3/c1-3-22(17(24)19-2)12-4-5-16-14(8-12)23(6-7-25-16)15(9-18)13-10-20-11-21-13;1-3-21(16(22)23-2)12-6-13(17)15-14(7-12)20(4-5-24-15)9-11-8-18-10-19-11;1-3-20(12(2)21)14-4-5-16-15(8-14)19(6-7-22-16)10-13-9-17-11-18-13;1-20(15(22)19-23-2)11-5-12(16)14-13(6-11)21(3-4-24-14)8-10-7-17-9-18-10;1-17-15(22)20(2)11-5-12(16)14-13(6-11)21(3-4-23-14)8-10-7-18-9-19-10;1-22-15(21)19-10-2-3-14-12(6-10)20(4-5-23-14)13(7-16)11-8-17-9-18-11/h4-5,8,10-11,15H,3,6-7H2,1-2H3,(H,19,24)(H,20,21);6-8,10H,3-5,9H2,1-2H3,(H,18,19);4-5,8-9,11H,3,6-7,10H2,1-2H3,(H,17,18);5-7,9H,3-4,8H2,1-2H3,(H,17,18)(H,19,22);5-7,9H,3-4,8H2,1-2H3,(H,17,22)(H,18,19);2-3,6,8-9,13H,4-5H2,1H3,(H,17,18)(H,19,21). The number of nitriles is 2. The second-order valence-corrected chi connectivity index (χ2v) is 32.4. The van der Waals surface area contributed by atoms with Crippen molar-refractivity contribution < 1.29 is 75.9 Å². The Balaban J connectivity index is 0.000000142. The van der Waals surface area contributed by atoms with Crippen LogP contribution in [0.1, 0.15) is 73.9 Å². The number of anilines is 12. The van der Waals surface area contributed by atoms with Crippen molar-refractivity contribution in [1.82, 2.24) is 75.9 Å². The molecular formula is C94H110Cl2FN29O15. The number of hydrogen-bond acceptors (Lipinski definition) is 29. The third-order valence-corrected chi connectivity index (χ3v) is 23.5. The number of ether oxygens (including phenoxy) is 8. The van der Waals surface area contributed by atoms with Gasteiger partial charge in [-0.25, -0.2) is 63.7 Å². The maximum Gasteiger partial charge on any atom is 0.413 e. The van der Waals surface area contributed by atoms with E-state index in [2.05, 4.69) is 118 Å².